The maximum Gasteiger partial charge on any atom is 0.434 e. The number of fused-ring (bicyclic) bond motifs is 1. The Morgan fingerprint density at radius 1 is 0.923 bits per heavy atom. The number of nitrogens with two attached hydrogens (primary N) is 1. The third-order valence-electron chi connectivity index (χ3n) is 5.67. The Hall–Kier alpha value is -4.31. The van der Waals surface area contributed by atoms with Crippen molar-refractivity contribution in [1.29, 1.82) is 0 Å². The first kappa shape index (κ1) is 26.3. The van der Waals surface area contributed by atoms with Gasteiger partial charge in [0.2, 0.25) is 15.8 Å². The Morgan fingerprint density at radius 3 is 2.31 bits per heavy atom. The van der Waals surface area contributed by atoms with Crippen LogP contribution in [0.5, 0.6) is 0 Å². The summed E-state index contributed by atoms with van der Waals surface area (Å²) in [6, 6.07) is 8.96. The average molecular weight is 568 g/mol. The third kappa shape index (κ3) is 4.83. The molecule has 39 heavy (non-hydrogen) atoms. The van der Waals surface area contributed by atoms with Crippen LogP contribution in [0.2, 0.25) is 0 Å². The van der Waals surface area contributed by atoms with Gasteiger partial charge < -0.3 is 4.52 Å². The molecular weight excluding hydrogens is 554 g/mol. The zero-order valence-electron chi connectivity index (χ0n) is 19.4. The summed E-state index contributed by atoms with van der Waals surface area (Å²) in [5.41, 5.74) is -3.96. The lowest BCUT2D eigenvalue weighted by Gasteiger charge is -2.17. The normalized spacial score (nSPS) is 12.8. The monoisotopic (exact) mass is 568 g/mol. The van der Waals surface area contributed by atoms with Crippen molar-refractivity contribution in [3.63, 3.8) is 0 Å². The van der Waals surface area contributed by atoms with Crippen molar-refractivity contribution in [1.82, 2.24) is 24.7 Å². The van der Waals surface area contributed by atoms with Gasteiger partial charge in [-0.2, -0.15) is 36.4 Å². The van der Waals surface area contributed by atoms with E-state index in [1.165, 1.54) is 24.3 Å². The zero-order chi connectivity index (χ0) is 28.3. The lowest BCUT2D eigenvalue weighted by atomic mass is 9.98. The minimum absolute atomic E-state index is 0.0603. The van der Waals surface area contributed by atoms with Gasteiger partial charge in [0.25, 0.3) is 5.89 Å². The molecule has 3 heterocycles. The second kappa shape index (κ2) is 8.88. The standard InChI is InChI=1S/C23H14F6N6O3S/c1-11-9-12(5-6-15(11)22(24,25)26)18-17(19(23(27,28)29)35-16(32-18)7-8-31-35)21-33-20(34-38-21)13-3-2-4-14(10-13)39(30,36)37/h2-10H,1H3,(H2,30,36,37). The molecule has 9 nitrogen and oxygen atoms in total. The topological polar surface area (TPSA) is 129 Å². The molecule has 0 fully saturated rings. The van der Waals surface area contributed by atoms with Crippen LogP contribution in [0.1, 0.15) is 16.8 Å². The Balaban J connectivity index is 1.78. The van der Waals surface area contributed by atoms with E-state index in [1.807, 2.05) is 0 Å². The van der Waals surface area contributed by atoms with E-state index in [2.05, 4.69) is 20.2 Å². The van der Waals surface area contributed by atoms with E-state index in [-0.39, 0.29) is 38.8 Å². The van der Waals surface area contributed by atoms with Gasteiger partial charge in [0.15, 0.2) is 11.3 Å². The van der Waals surface area contributed by atoms with Crippen LogP contribution in [-0.4, -0.2) is 33.2 Å². The van der Waals surface area contributed by atoms with Gasteiger partial charge >= 0.3 is 12.4 Å². The molecule has 0 atom stereocenters. The summed E-state index contributed by atoms with van der Waals surface area (Å²) in [7, 11) is -4.12. The zero-order valence-corrected chi connectivity index (χ0v) is 20.2. The molecule has 5 rings (SSSR count). The lowest BCUT2D eigenvalue weighted by molar-refractivity contribution is -0.142. The van der Waals surface area contributed by atoms with Crippen LogP contribution in [0.4, 0.5) is 26.3 Å². The van der Waals surface area contributed by atoms with E-state index in [0.717, 1.165) is 37.4 Å². The van der Waals surface area contributed by atoms with Gasteiger partial charge in [0.1, 0.15) is 0 Å². The largest absolute Gasteiger partial charge is 0.434 e. The summed E-state index contributed by atoms with van der Waals surface area (Å²) >= 11 is 0. The molecule has 0 saturated carbocycles. The van der Waals surface area contributed by atoms with Crippen molar-refractivity contribution in [3.8, 4) is 34.1 Å². The van der Waals surface area contributed by atoms with E-state index in [0.29, 0.717) is 4.52 Å². The van der Waals surface area contributed by atoms with E-state index in [1.54, 1.807) is 0 Å². The first-order valence-corrected chi connectivity index (χ1v) is 12.3. The highest BCUT2D eigenvalue weighted by Crippen LogP contribution is 2.43. The van der Waals surface area contributed by atoms with Gasteiger partial charge in [0, 0.05) is 17.2 Å². The van der Waals surface area contributed by atoms with Crippen molar-refractivity contribution >= 4 is 15.7 Å². The van der Waals surface area contributed by atoms with E-state index >= 15 is 0 Å². The number of halogens is 6. The minimum atomic E-state index is -5.06. The number of hydrogen-bond acceptors (Lipinski definition) is 7. The molecule has 0 bridgehead atoms. The number of nitrogens with zero attached hydrogens (tertiary/aromatic N) is 5. The summed E-state index contributed by atoms with van der Waals surface area (Å²) in [4.78, 5) is 7.94. The van der Waals surface area contributed by atoms with Crippen LogP contribution in [0, 0.1) is 6.92 Å². The van der Waals surface area contributed by atoms with E-state index in [4.69, 9.17) is 9.66 Å². The molecule has 16 heteroatoms. The summed E-state index contributed by atoms with van der Waals surface area (Å²) in [6.07, 6.45) is -8.67. The molecule has 0 aliphatic heterocycles. The molecule has 0 saturated heterocycles. The number of aryl methyl sites for hydroxylation is 1. The molecule has 0 aliphatic rings. The van der Waals surface area contributed by atoms with Crippen LogP contribution in [-0.2, 0) is 22.4 Å². The smallest absolute Gasteiger partial charge is 0.333 e. The fourth-order valence-electron chi connectivity index (χ4n) is 4.00. The Kier molecular flexibility index (Phi) is 5.99. The first-order valence-electron chi connectivity index (χ1n) is 10.7. The molecule has 0 unspecified atom stereocenters. The van der Waals surface area contributed by atoms with Crippen LogP contribution in [0.3, 0.4) is 0 Å². The number of sulfonamides is 1. The predicted molar refractivity (Wildman–Crippen MR) is 123 cm³/mol. The molecular formula is C23H14F6N6O3S. The Bertz CT molecular complexity index is 1840. The molecule has 2 aromatic carbocycles. The van der Waals surface area contributed by atoms with Crippen molar-refractivity contribution in [2.45, 2.75) is 24.2 Å². The minimum Gasteiger partial charge on any atom is -0.333 e. The van der Waals surface area contributed by atoms with E-state index < -0.39 is 45.1 Å². The molecule has 0 amide bonds. The summed E-state index contributed by atoms with van der Waals surface area (Å²) in [5, 5.41) is 12.5. The molecule has 0 radical (unpaired) electrons. The van der Waals surface area contributed by atoms with Gasteiger partial charge in [-0.15, -0.1) is 0 Å². The maximum atomic E-state index is 14.4. The first-order chi connectivity index (χ1) is 18.1. The Labute approximate surface area is 215 Å². The highest BCUT2D eigenvalue weighted by atomic mass is 32.2. The molecule has 2 N–H and O–H groups in total. The molecule has 3 aromatic heterocycles. The van der Waals surface area contributed by atoms with Gasteiger partial charge in [-0.3, -0.25) is 0 Å². The molecule has 0 spiro atoms. The second-order valence-electron chi connectivity index (χ2n) is 8.31. The fourth-order valence-corrected chi connectivity index (χ4v) is 4.56. The summed E-state index contributed by atoms with van der Waals surface area (Å²) in [6.45, 7) is 1.16. The lowest BCUT2D eigenvalue weighted by Crippen LogP contribution is -2.17. The molecule has 202 valence electrons. The fraction of sp³-hybridized carbons (Fsp3) is 0.130. The van der Waals surface area contributed by atoms with Crippen LogP contribution in [0.25, 0.3) is 39.7 Å². The Morgan fingerprint density at radius 2 is 1.67 bits per heavy atom. The number of benzene rings is 2. The molecule has 0 aliphatic carbocycles. The number of primary sulfonamides is 1. The maximum absolute atomic E-state index is 14.4. The SMILES string of the molecule is Cc1cc(-c2nc3ccnn3c(C(F)(F)F)c2-c2nc(-c3cccc(S(N)(=O)=O)c3)no2)ccc1C(F)(F)F. The van der Waals surface area contributed by atoms with Crippen LogP contribution in [0.15, 0.2) is 64.1 Å². The van der Waals surface area contributed by atoms with Gasteiger partial charge in [-0.05, 0) is 36.8 Å². The summed E-state index contributed by atoms with van der Waals surface area (Å²) in [5.74, 6) is -0.963. The van der Waals surface area contributed by atoms with Crippen molar-refractivity contribution in [2.75, 3.05) is 0 Å². The number of alkyl halides is 6. The van der Waals surface area contributed by atoms with Gasteiger partial charge in [-0.1, -0.05) is 23.4 Å². The van der Waals surface area contributed by atoms with Gasteiger partial charge in [0.05, 0.1) is 27.9 Å². The van der Waals surface area contributed by atoms with E-state index in [9.17, 15) is 34.8 Å². The number of rotatable bonds is 4. The van der Waals surface area contributed by atoms with Gasteiger partial charge in [-0.25, -0.2) is 23.1 Å². The second-order valence-corrected chi connectivity index (χ2v) is 9.87. The van der Waals surface area contributed by atoms with Crippen LogP contribution < -0.4 is 5.14 Å². The van der Waals surface area contributed by atoms with Crippen molar-refractivity contribution in [3.05, 3.63) is 71.5 Å². The third-order valence-corrected chi connectivity index (χ3v) is 6.58. The number of aromatic nitrogens is 5. The highest BCUT2D eigenvalue weighted by Gasteiger charge is 2.41. The highest BCUT2D eigenvalue weighted by molar-refractivity contribution is 7.89. The average Bonchev–Trinajstić information content (AvgIpc) is 3.50. The van der Waals surface area contributed by atoms with Crippen LogP contribution >= 0.6 is 0 Å². The number of hydrogen-bond donors (Lipinski definition) is 1. The van der Waals surface area contributed by atoms with Crippen molar-refractivity contribution < 1.29 is 39.3 Å². The van der Waals surface area contributed by atoms with Crippen molar-refractivity contribution in [2.24, 2.45) is 5.14 Å². The quantitative estimate of drug-likeness (QED) is 0.299. The molecule has 5 aromatic rings. The predicted octanol–water partition coefficient (Wildman–Crippen LogP) is 5.11. The summed E-state index contributed by atoms with van der Waals surface area (Å²) < 4.78 is 112.